The van der Waals surface area contributed by atoms with E-state index in [1.54, 1.807) is 22.1 Å². The summed E-state index contributed by atoms with van der Waals surface area (Å²) in [6.45, 7) is 3.88. The smallest absolute Gasteiger partial charge is 0.262 e. The van der Waals surface area contributed by atoms with Crippen LogP contribution >= 0.6 is 0 Å². The molecule has 1 fully saturated rings. The second-order valence-electron chi connectivity index (χ2n) is 5.60. The van der Waals surface area contributed by atoms with E-state index < -0.39 is 10.0 Å². The molecule has 0 N–H and O–H groups in total. The molecule has 108 valence electrons. The second kappa shape index (κ2) is 5.63. The first kappa shape index (κ1) is 14.5. The standard InChI is InChI=1S/C13H23N3O2S/c1-11(2)16(12-7-5-4-6-8-12)19(17,18)13-9-15(3)10-14-13/h9-12H,4-8H2,1-3H3. The number of sulfonamides is 1. The summed E-state index contributed by atoms with van der Waals surface area (Å²) in [5, 5.41) is 0.161. The van der Waals surface area contributed by atoms with E-state index in [-0.39, 0.29) is 17.1 Å². The summed E-state index contributed by atoms with van der Waals surface area (Å²) in [7, 11) is -1.69. The normalized spacial score (nSPS) is 18.4. The zero-order valence-electron chi connectivity index (χ0n) is 11.9. The Bertz CT molecular complexity index is 516. The highest BCUT2D eigenvalue weighted by Gasteiger charge is 2.35. The van der Waals surface area contributed by atoms with Gasteiger partial charge in [0.1, 0.15) is 0 Å². The number of rotatable bonds is 4. The SMILES string of the molecule is CC(C)N(C1CCCCC1)S(=O)(=O)c1cn(C)cn1. The van der Waals surface area contributed by atoms with Crippen LogP contribution in [0.25, 0.3) is 0 Å². The molecular formula is C13H23N3O2S. The fourth-order valence-electron chi connectivity index (χ4n) is 2.86. The molecule has 1 aromatic heterocycles. The molecule has 5 nitrogen and oxygen atoms in total. The Balaban J connectivity index is 2.32. The topological polar surface area (TPSA) is 55.2 Å². The highest BCUT2D eigenvalue weighted by Crippen LogP contribution is 2.28. The van der Waals surface area contributed by atoms with Gasteiger partial charge in [-0.2, -0.15) is 4.31 Å². The average Bonchev–Trinajstić information content (AvgIpc) is 2.77. The van der Waals surface area contributed by atoms with Gasteiger partial charge in [0.05, 0.1) is 6.33 Å². The molecule has 0 unspecified atom stereocenters. The second-order valence-corrected chi connectivity index (χ2v) is 7.39. The molecule has 6 heteroatoms. The van der Waals surface area contributed by atoms with Crippen molar-refractivity contribution in [2.24, 2.45) is 7.05 Å². The van der Waals surface area contributed by atoms with Gasteiger partial charge in [-0.05, 0) is 26.7 Å². The van der Waals surface area contributed by atoms with Crippen LogP contribution in [-0.2, 0) is 17.1 Å². The van der Waals surface area contributed by atoms with Crippen LogP contribution < -0.4 is 0 Å². The quantitative estimate of drug-likeness (QED) is 0.851. The van der Waals surface area contributed by atoms with Gasteiger partial charge in [-0.25, -0.2) is 13.4 Å². The van der Waals surface area contributed by atoms with Gasteiger partial charge < -0.3 is 4.57 Å². The molecule has 0 bridgehead atoms. The van der Waals surface area contributed by atoms with Crippen molar-refractivity contribution in [1.29, 1.82) is 0 Å². The Morgan fingerprint density at radius 1 is 1.32 bits per heavy atom. The molecule has 0 saturated heterocycles. The molecule has 0 atom stereocenters. The monoisotopic (exact) mass is 285 g/mol. The van der Waals surface area contributed by atoms with E-state index in [1.165, 1.54) is 12.7 Å². The summed E-state index contributed by atoms with van der Waals surface area (Å²) >= 11 is 0. The van der Waals surface area contributed by atoms with Crippen molar-refractivity contribution in [3.63, 3.8) is 0 Å². The zero-order valence-corrected chi connectivity index (χ0v) is 12.7. The van der Waals surface area contributed by atoms with Gasteiger partial charge in [-0.3, -0.25) is 0 Å². The predicted octanol–water partition coefficient (Wildman–Crippen LogP) is 2.15. The van der Waals surface area contributed by atoms with Crippen LogP contribution in [0.3, 0.4) is 0 Å². The van der Waals surface area contributed by atoms with E-state index in [0.717, 1.165) is 25.7 Å². The van der Waals surface area contributed by atoms with E-state index in [4.69, 9.17) is 0 Å². The average molecular weight is 285 g/mol. The molecule has 0 spiro atoms. The van der Waals surface area contributed by atoms with Crippen molar-refractivity contribution < 1.29 is 8.42 Å². The van der Waals surface area contributed by atoms with Gasteiger partial charge in [-0.1, -0.05) is 19.3 Å². The van der Waals surface area contributed by atoms with Gasteiger partial charge in [0, 0.05) is 25.3 Å². The molecule has 19 heavy (non-hydrogen) atoms. The molecule has 0 radical (unpaired) electrons. The van der Waals surface area contributed by atoms with Gasteiger partial charge in [0.2, 0.25) is 0 Å². The van der Waals surface area contributed by atoms with Crippen LogP contribution in [0.1, 0.15) is 46.0 Å². The molecular weight excluding hydrogens is 262 g/mol. The number of aryl methyl sites for hydroxylation is 1. The van der Waals surface area contributed by atoms with Crippen LogP contribution in [-0.4, -0.2) is 34.4 Å². The number of aromatic nitrogens is 2. The van der Waals surface area contributed by atoms with Crippen LogP contribution in [0.2, 0.25) is 0 Å². The largest absolute Gasteiger partial charge is 0.339 e. The minimum absolute atomic E-state index is 0.0323. The Hall–Kier alpha value is -0.880. The van der Waals surface area contributed by atoms with Crippen LogP contribution in [0.15, 0.2) is 17.6 Å². The maximum atomic E-state index is 12.7. The van der Waals surface area contributed by atoms with E-state index in [1.807, 2.05) is 13.8 Å². The fourth-order valence-corrected chi connectivity index (χ4v) is 4.72. The highest BCUT2D eigenvalue weighted by molar-refractivity contribution is 7.89. The molecule has 1 aliphatic carbocycles. The van der Waals surface area contributed by atoms with Crippen molar-refractivity contribution in [3.8, 4) is 0 Å². The van der Waals surface area contributed by atoms with Crippen LogP contribution in [0.5, 0.6) is 0 Å². The lowest BCUT2D eigenvalue weighted by Gasteiger charge is -2.35. The molecule has 1 aliphatic rings. The maximum absolute atomic E-state index is 12.7. The summed E-state index contributed by atoms with van der Waals surface area (Å²) in [6.07, 6.45) is 8.48. The number of nitrogens with zero attached hydrogens (tertiary/aromatic N) is 3. The fraction of sp³-hybridized carbons (Fsp3) is 0.769. The Morgan fingerprint density at radius 2 is 1.95 bits per heavy atom. The first-order chi connectivity index (χ1) is 8.93. The third kappa shape index (κ3) is 3.00. The molecule has 1 heterocycles. The minimum atomic E-state index is -3.48. The molecule has 1 saturated carbocycles. The third-order valence-corrected chi connectivity index (χ3v) is 5.68. The summed E-state index contributed by atoms with van der Waals surface area (Å²) < 4.78 is 28.8. The lowest BCUT2D eigenvalue weighted by atomic mass is 9.95. The van der Waals surface area contributed by atoms with Crippen molar-refractivity contribution in [2.45, 2.75) is 63.1 Å². The van der Waals surface area contributed by atoms with Gasteiger partial charge in [0.15, 0.2) is 5.03 Å². The molecule has 0 aromatic carbocycles. The summed E-state index contributed by atoms with van der Waals surface area (Å²) in [5.74, 6) is 0. The molecule has 2 rings (SSSR count). The van der Waals surface area contributed by atoms with Crippen molar-refractivity contribution >= 4 is 10.0 Å². The lowest BCUT2D eigenvalue weighted by Crippen LogP contribution is -2.45. The Labute approximate surface area is 115 Å². The molecule has 0 aliphatic heterocycles. The predicted molar refractivity (Wildman–Crippen MR) is 74.2 cm³/mol. The van der Waals surface area contributed by atoms with E-state index in [2.05, 4.69) is 4.98 Å². The van der Waals surface area contributed by atoms with Crippen molar-refractivity contribution in [1.82, 2.24) is 13.9 Å². The number of hydrogen-bond acceptors (Lipinski definition) is 3. The first-order valence-electron chi connectivity index (χ1n) is 6.94. The summed E-state index contributed by atoms with van der Waals surface area (Å²) in [4.78, 5) is 4.02. The Morgan fingerprint density at radius 3 is 2.42 bits per heavy atom. The van der Waals surface area contributed by atoms with E-state index >= 15 is 0 Å². The van der Waals surface area contributed by atoms with E-state index in [9.17, 15) is 8.42 Å². The third-order valence-electron chi connectivity index (χ3n) is 3.67. The molecule has 1 aromatic rings. The minimum Gasteiger partial charge on any atom is -0.339 e. The zero-order chi connectivity index (χ0) is 14.0. The van der Waals surface area contributed by atoms with Crippen LogP contribution in [0, 0.1) is 0 Å². The number of imidazole rings is 1. The first-order valence-corrected chi connectivity index (χ1v) is 8.38. The number of hydrogen-bond donors (Lipinski definition) is 0. The lowest BCUT2D eigenvalue weighted by molar-refractivity contribution is 0.219. The van der Waals surface area contributed by atoms with Gasteiger partial charge >= 0.3 is 0 Å². The van der Waals surface area contributed by atoms with E-state index in [0.29, 0.717) is 0 Å². The highest BCUT2D eigenvalue weighted by atomic mass is 32.2. The molecule has 0 amide bonds. The summed E-state index contributed by atoms with van der Waals surface area (Å²) in [6, 6.07) is 0.0934. The summed E-state index contributed by atoms with van der Waals surface area (Å²) in [5.41, 5.74) is 0. The maximum Gasteiger partial charge on any atom is 0.262 e. The van der Waals surface area contributed by atoms with Gasteiger partial charge in [0.25, 0.3) is 10.0 Å². The van der Waals surface area contributed by atoms with Crippen molar-refractivity contribution in [2.75, 3.05) is 0 Å². The van der Waals surface area contributed by atoms with Crippen LogP contribution in [0.4, 0.5) is 0 Å². The van der Waals surface area contributed by atoms with Crippen molar-refractivity contribution in [3.05, 3.63) is 12.5 Å². The van der Waals surface area contributed by atoms with Gasteiger partial charge in [-0.15, -0.1) is 0 Å². The Kier molecular flexibility index (Phi) is 4.30.